The van der Waals surface area contributed by atoms with Crippen molar-refractivity contribution in [3.05, 3.63) is 58.6 Å². The van der Waals surface area contributed by atoms with Gasteiger partial charge in [-0.25, -0.2) is 13.2 Å². The second kappa shape index (κ2) is 6.33. The predicted molar refractivity (Wildman–Crippen MR) is 80.7 cm³/mol. The van der Waals surface area contributed by atoms with Crippen LogP contribution in [0.4, 0.5) is 18.9 Å². The van der Waals surface area contributed by atoms with E-state index < -0.39 is 38.3 Å². The first-order valence-corrected chi connectivity index (χ1v) is 8.10. The zero-order valence-electron chi connectivity index (χ0n) is 11.6. The molecule has 0 saturated heterocycles. The molecule has 0 spiro atoms. The Labute approximate surface area is 139 Å². The van der Waals surface area contributed by atoms with Crippen LogP contribution in [0.15, 0.2) is 47.4 Å². The maximum Gasteiger partial charge on any atom is 0.416 e. The molecule has 0 atom stereocenters. The number of carboxylic acid groups (broad SMARTS) is 1. The minimum absolute atomic E-state index is 0.235. The summed E-state index contributed by atoms with van der Waals surface area (Å²) in [5.41, 5.74) is -1.83. The standard InChI is InChI=1S/C14H9ClF3NO4S/c15-11-5-4-9(14(16,17)18)7-12(11)19-24(22,23)10-3-1-2-8(6-10)13(20)21/h1-7,19H,(H,20,21). The van der Waals surface area contributed by atoms with Crippen LogP contribution in [0.1, 0.15) is 15.9 Å². The van der Waals surface area contributed by atoms with Gasteiger partial charge in [0.2, 0.25) is 0 Å². The molecule has 0 unspecified atom stereocenters. The molecule has 10 heteroatoms. The SMILES string of the molecule is O=C(O)c1cccc(S(=O)(=O)Nc2cc(C(F)(F)F)ccc2Cl)c1. The summed E-state index contributed by atoms with van der Waals surface area (Å²) in [4.78, 5) is 10.5. The van der Waals surface area contributed by atoms with Gasteiger partial charge in [0.25, 0.3) is 10.0 Å². The normalized spacial score (nSPS) is 12.0. The molecular formula is C14H9ClF3NO4S. The second-order valence-corrected chi connectivity index (χ2v) is 6.72. The van der Waals surface area contributed by atoms with Gasteiger partial charge in [-0.3, -0.25) is 4.72 Å². The van der Waals surface area contributed by atoms with Crippen LogP contribution in [-0.2, 0) is 16.2 Å². The zero-order valence-corrected chi connectivity index (χ0v) is 13.2. The molecule has 2 aromatic rings. The van der Waals surface area contributed by atoms with Crippen LogP contribution in [0.3, 0.4) is 0 Å². The van der Waals surface area contributed by atoms with E-state index in [-0.39, 0.29) is 10.6 Å². The largest absolute Gasteiger partial charge is 0.478 e. The van der Waals surface area contributed by atoms with Crippen molar-refractivity contribution in [1.29, 1.82) is 0 Å². The van der Waals surface area contributed by atoms with Gasteiger partial charge in [-0.2, -0.15) is 13.2 Å². The fourth-order valence-corrected chi connectivity index (χ4v) is 3.12. The molecule has 0 aliphatic heterocycles. The molecule has 2 rings (SSSR count). The van der Waals surface area contributed by atoms with Gasteiger partial charge in [0, 0.05) is 0 Å². The van der Waals surface area contributed by atoms with Gasteiger partial charge in [-0.1, -0.05) is 17.7 Å². The molecule has 5 nitrogen and oxygen atoms in total. The molecule has 24 heavy (non-hydrogen) atoms. The smallest absolute Gasteiger partial charge is 0.416 e. The number of hydrogen-bond acceptors (Lipinski definition) is 3. The first-order chi connectivity index (χ1) is 11.0. The summed E-state index contributed by atoms with van der Waals surface area (Å²) in [5.74, 6) is -1.34. The lowest BCUT2D eigenvalue weighted by Crippen LogP contribution is -2.15. The Balaban J connectivity index is 2.43. The van der Waals surface area contributed by atoms with Crippen LogP contribution in [0, 0.1) is 0 Å². The first-order valence-electron chi connectivity index (χ1n) is 6.23. The summed E-state index contributed by atoms with van der Waals surface area (Å²) in [5, 5.41) is 8.64. The highest BCUT2D eigenvalue weighted by molar-refractivity contribution is 7.92. The van der Waals surface area contributed by atoms with Gasteiger partial charge in [0.15, 0.2) is 0 Å². The summed E-state index contributed by atoms with van der Waals surface area (Å²) >= 11 is 5.73. The third-order valence-corrected chi connectivity index (χ3v) is 4.62. The van der Waals surface area contributed by atoms with Gasteiger partial charge < -0.3 is 5.11 Å². The molecule has 0 bridgehead atoms. The van der Waals surface area contributed by atoms with Crippen molar-refractivity contribution in [2.45, 2.75) is 11.1 Å². The molecule has 2 N–H and O–H groups in total. The summed E-state index contributed by atoms with van der Waals surface area (Å²) < 4.78 is 64.6. The Morgan fingerprint density at radius 3 is 2.38 bits per heavy atom. The highest BCUT2D eigenvalue weighted by Gasteiger charge is 2.31. The molecular weight excluding hydrogens is 371 g/mol. The average Bonchev–Trinajstić information content (AvgIpc) is 2.48. The summed E-state index contributed by atoms with van der Waals surface area (Å²) in [6, 6.07) is 6.55. The lowest BCUT2D eigenvalue weighted by Gasteiger charge is -2.13. The maximum absolute atomic E-state index is 12.7. The van der Waals surface area contributed by atoms with Gasteiger partial charge in [-0.15, -0.1) is 0 Å². The number of halogens is 4. The van der Waals surface area contributed by atoms with Crippen molar-refractivity contribution in [3.8, 4) is 0 Å². The molecule has 128 valence electrons. The van der Waals surface area contributed by atoms with Gasteiger partial charge in [0.1, 0.15) is 0 Å². The number of sulfonamides is 1. The van der Waals surface area contributed by atoms with E-state index in [1.54, 1.807) is 0 Å². The number of alkyl halides is 3. The lowest BCUT2D eigenvalue weighted by atomic mass is 10.2. The van der Waals surface area contributed by atoms with Crippen LogP contribution in [0.25, 0.3) is 0 Å². The van der Waals surface area contributed by atoms with E-state index in [1.165, 1.54) is 12.1 Å². The predicted octanol–water partition coefficient (Wildman–Crippen LogP) is 3.86. The Morgan fingerprint density at radius 1 is 1.12 bits per heavy atom. The van der Waals surface area contributed by atoms with E-state index >= 15 is 0 Å². The minimum Gasteiger partial charge on any atom is -0.478 e. The highest BCUT2D eigenvalue weighted by atomic mass is 35.5. The monoisotopic (exact) mass is 379 g/mol. The number of aromatic carboxylic acids is 1. The Morgan fingerprint density at radius 2 is 1.79 bits per heavy atom. The number of hydrogen-bond donors (Lipinski definition) is 2. The third kappa shape index (κ3) is 3.98. The molecule has 0 aliphatic rings. The quantitative estimate of drug-likeness (QED) is 0.845. The van der Waals surface area contributed by atoms with Crippen LogP contribution in [0.5, 0.6) is 0 Å². The van der Waals surface area contributed by atoms with Crippen molar-refractivity contribution < 1.29 is 31.5 Å². The van der Waals surface area contributed by atoms with E-state index in [9.17, 15) is 26.4 Å². The number of benzene rings is 2. The van der Waals surface area contributed by atoms with E-state index in [0.717, 1.165) is 18.2 Å². The fraction of sp³-hybridized carbons (Fsp3) is 0.0714. The zero-order chi connectivity index (χ0) is 18.1. The number of carboxylic acids is 1. The third-order valence-electron chi connectivity index (χ3n) is 2.93. The van der Waals surface area contributed by atoms with E-state index in [4.69, 9.17) is 16.7 Å². The van der Waals surface area contributed by atoms with Crippen molar-refractivity contribution >= 4 is 33.3 Å². The second-order valence-electron chi connectivity index (χ2n) is 4.63. The number of nitrogens with one attached hydrogen (secondary N) is 1. The van der Waals surface area contributed by atoms with Crippen molar-refractivity contribution in [2.24, 2.45) is 0 Å². The molecule has 0 fully saturated rings. The first kappa shape index (κ1) is 18.1. The maximum atomic E-state index is 12.7. The molecule has 0 aliphatic carbocycles. The average molecular weight is 380 g/mol. The van der Waals surface area contributed by atoms with Gasteiger partial charge in [-0.05, 0) is 36.4 Å². The van der Waals surface area contributed by atoms with E-state index in [2.05, 4.69) is 0 Å². The number of anilines is 1. The van der Waals surface area contributed by atoms with E-state index in [1.807, 2.05) is 4.72 Å². The summed E-state index contributed by atoms with van der Waals surface area (Å²) in [7, 11) is -4.32. The Hall–Kier alpha value is -2.26. The van der Waals surface area contributed by atoms with Crippen LogP contribution in [-0.4, -0.2) is 19.5 Å². The van der Waals surface area contributed by atoms with E-state index in [0.29, 0.717) is 12.1 Å². The Bertz CT molecular complexity index is 897. The summed E-state index contributed by atoms with van der Waals surface area (Å²) in [6.07, 6.45) is -4.67. The van der Waals surface area contributed by atoms with Crippen molar-refractivity contribution in [3.63, 3.8) is 0 Å². The van der Waals surface area contributed by atoms with Crippen LogP contribution in [0.2, 0.25) is 5.02 Å². The van der Waals surface area contributed by atoms with Gasteiger partial charge >= 0.3 is 12.1 Å². The van der Waals surface area contributed by atoms with Crippen molar-refractivity contribution in [2.75, 3.05) is 4.72 Å². The molecule has 0 radical (unpaired) electrons. The van der Waals surface area contributed by atoms with Crippen molar-refractivity contribution in [1.82, 2.24) is 0 Å². The molecule has 0 aromatic heterocycles. The molecule has 0 saturated carbocycles. The fourth-order valence-electron chi connectivity index (χ4n) is 1.78. The molecule has 0 amide bonds. The highest BCUT2D eigenvalue weighted by Crippen LogP contribution is 2.34. The molecule has 2 aromatic carbocycles. The molecule has 0 heterocycles. The Kier molecular flexibility index (Phi) is 4.77. The lowest BCUT2D eigenvalue weighted by molar-refractivity contribution is -0.137. The van der Waals surface area contributed by atoms with Crippen LogP contribution < -0.4 is 4.72 Å². The number of carbonyl (C=O) groups is 1. The van der Waals surface area contributed by atoms with Crippen LogP contribution >= 0.6 is 11.6 Å². The topological polar surface area (TPSA) is 83.5 Å². The minimum atomic E-state index is -4.67. The summed E-state index contributed by atoms with van der Waals surface area (Å²) in [6.45, 7) is 0. The van der Waals surface area contributed by atoms with Gasteiger partial charge in [0.05, 0.1) is 26.7 Å². The number of rotatable bonds is 4.